The van der Waals surface area contributed by atoms with Crippen LogP contribution in [0.1, 0.15) is 12.5 Å². The van der Waals surface area contributed by atoms with E-state index >= 15 is 0 Å². The van der Waals surface area contributed by atoms with Crippen LogP contribution < -0.4 is 0 Å². The topological polar surface area (TPSA) is 20.3 Å². The van der Waals surface area contributed by atoms with Crippen molar-refractivity contribution in [2.75, 3.05) is 7.05 Å². The number of hydrogen-bond donors (Lipinski definition) is 0. The normalized spacial score (nSPS) is 10.9. The fourth-order valence-corrected chi connectivity index (χ4v) is 1.54. The highest BCUT2D eigenvalue weighted by Gasteiger charge is 2.18. The zero-order chi connectivity index (χ0) is 14.4. The van der Waals surface area contributed by atoms with Crippen LogP contribution in [0.15, 0.2) is 18.2 Å². The first-order valence-corrected chi connectivity index (χ1v) is 5.59. The summed E-state index contributed by atoms with van der Waals surface area (Å²) < 4.78 is 26.3. The molecule has 98 valence electrons. The zero-order valence-corrected chi connectivity index (χ0v) is 10.7. The number of carbonyl (C=O) groups is 1. The van der Waals surface area contributed by atoms with Crippen LogP contribution in [0.4, 0.5) is 8.78 Å². The highest BCUT2D eigenvalue weighted by molar-refractivity contribution is 5.93. The predicted molar refractivity (Wildman–Crippen MR) is 68.9 cm³/mol. The van der Waals surface area contributed by atoms with E-state index in [-0.39, 0.29) is 12.0 Å². The lowest BCUT2D eigenvalue weighted by Crippen LogP contribution is -2.37. The van der Waals surface area contributed by atoms with Gasteiger partial charge in [-0.2, -0.15) is 0 Å². The quantitative estimate of drug-likeness (QED) is 0.762. The van der Waals surface area contributed by atoms with E-state index < -0.39 is 23.6 Å². The van der Waals surface area contributed by atoms with E-state index in [1.807, 2.05) is 0 Å². The number of carbonyl (C=O) groups excluding carboxylic acids is 1. The first-order chi connectivity index (χ1) is 8.99. The van der Waals surface area contributed by atoms with E-state index in [0.29, 0.717) is 0 Å². The minimum atomic E-state index is -0.678. The molecular formula is C15H13F2NO. The number of hydrogen-bond acceptors (Lipinski definition) is 1. The molecule has 1 atom stereocenters. The van der Waals surface area contributed by atoms with E-state index in [9.17, 15) is 13.6 Å². The maximum absolute atomic E-state index is 13.5. The number of halogens is 2. The van der Waals surface area contributed by atoms with Crippen molar-refractivity contribution in [2.24, 2.45) is 0 Å². The maximum atomic E-state index is 13.5. The van der Waals surface area contributed by atoms with Crippen molar-refractivity contribution in [2.45, 2.75) is 19.4 Å². The van der Waals surface area contributed by atoms with E-state index in [1.165, 1.54) is 24.9 Å². The van der Waals surface area contributed by atoms with Gasteiger partial charge in [0.25, 0.3) is 5.91 Å². The number of benzene rings is 1. The molecule has 0 aromatic heterocycles. The van der Waals surface area contributed by atoms with Crippen LogP contribution in [-0.4, -0.2) is 23.9 Å². The Kier molecular flexibility index (Phi) is 5.09. The molecule has 19 heavy (non-hydrogen) atoms. The summed E-state index contributed by atoms with van der Waals surface area (Å²) in [5, 5.41) is 0. The summed E-state index contributed by atoms with van der Waals surface area (Å²) in [6.45, 7) is 1.54. The monoisotopic (exact) mass is 261 g/mol. The molecule has 4 heteroatoms. The molecule has 1 aromatic rings. The predicted octanol–water partition coefficient (Wildman–Crippen LogP) is 1.99. The standard InChI is InChI=1S/C15H13F2NO/c1-4-6-15(19)18(3)13(5-2)9-11-7-8-12(16)10-14(11)17/h2,7-8,10,13H,9H2,1,3H3. The Morgan fingerprint density at radius 3 is 2.68 bits per heavy atom. The van der Waals surface area contributed by atoms with E-state index in [0.717, 1.165) is 12.1 Å². The van der Waals surface area contributed by atoms with Crippen molar-refractivity contribution in [3.63, 3.8) is 0 Å². The van der Waals surface area contributed by atoms with Gasteiger partial charge in [0.15, 0.2) is 0 Å². The maximum Gasteiger partial charge on any atom is 0.299 e. The molecule has 1 rings (SSSR count). The van der Waals surface area contributed by atoms with Crippen molar-refractivity contribution < 1.29 is 13.6 Å². The highest BCUT2D eigenvalue weighted by atomic mass is 19.1. The average Bonchev–Trinajstić information content (AvgIpc) is 2.37. The van der Waals surface area contributed by atoms with Gasteiger partial charge in [0, 0.05) is 19.5 Å². The first kappa shape index (κ1) is 14.7. The molecular weight excluding hydrogens is 248 g/mol. The van der Waals surface area contributed by atoms with Crippen molar-refractivity contribution in [1.82, 2.24) is 4.90 Å². The lowest BCUT2D eigenvalue weighted by Gasteiger charge is -2.22. The summed E-state index contributed by atoms with van der Waals surface area (Å²) in [7, 11) is 1.50. The van der Waals surface area contributed by atoms with Gasteiger partial charge >= 0.3 is 0 Å². The van der Waals surface area contributed by atoms with Gasteiger partial charge in [0.2, 0.25) is 0 Å². The number of nitrogens with zero attached hydrogens (tertiary/aromatic N) is 1. The molecule has 2 nitrogen and oxygen atoms in total. The molecule has 0 N–H and O–H groups in total. The minimum Gasteiger partial charge on any atom is -0.321 e. The summed E-state index contributed by atoms with van der Waals surface area (Å²) >= 11 is 0. The smallest absolute Gasteiger partial charge is 0.299 e. The van der Waals surface area contributed by atoms with E-state index in [4.69, 9.17) is 6.42 Å². The Labute approximate surface area is 111 Å². The number of likely N-dealkylation sites (N-methyl/N-ethyl adjacent to an activating group) is 1. The van der Waals surface area contributed by atoms with Crippen LogP contribution in [0, 0.1) is 35.8 Å². The van der Waals surface area contributed by atoms with Crippen LogP contribution in [0.3, 0.4) is 0 Å². The highest BCUT2D eigenvalue weighted by Crippen LogP contribution is 2.13. The number of rotatable bonds is 3. The summed E-state index contributed by atoms with van der Waals surface area (Å²) in [5.41, 5.74) is 0.258. The Morgan fingerprint density at radius 1 is 1.47 bits per heavy atom. The van der Waals surface area contributed by atoms with Gasteiger partial charge in [-0.05, 0) is 24.5 Å². The van der Waals surface area contributed by atoms with Gasteiger partial charge in [0.05, 0.1) is 6.04 Å². The number of amides is 1. The lowest BCUT2D eigenvalue weighted by molar-refractivity contribution is -0.124. The molecule has 0 aliphatic rings. The Bertz CT molecular complexity index is 578. The second-order valence-electron chi connectivity index (χ2n) is 3.91. The van der Waals surface area contributed by atoms with Crippen LogP contribution >= 0.6 is 0 Å². The van der Waals surface area contributed by atoms with Gasteiger partial charge in [-0.1, -0.05) is 17.9 Å². The van der Waals surface area contributed by atoms with Gasteiger partial charge in [0.1, 0.15) is 11.6 Å². The average molecular weight is 261 g/mol. The zero-order valence-electron chi connectivity index (χ0n) is 10.7. The van der Waals surface area contributed by atoms with Crippen molar-refractivity contribution in [3.8, 4) is 24.2 Å². The Hall–Kier alpha value is -2.33. The molecule has 0 spiro atoms. The summed E-state index contributed by atoms with van der Waals surface area (Å²) in [6.07, 6.45) is 5.45. The summed E-state index contributed by atoms with van der Waals surface area (Å²) in [6, 6.07) is 2.63. The lowest BCUT2D eigenvalue weighted by atomic mass is 10.0. The van der Waals surface area contributed by atoms with Crippen LogP contribution in [0.25, 0.3) is 0 Å². The molecule has 0 bridgehead atoms. The van der Waals surface area contributed by atoms with Gasteiger partial charge < -0.3 is 4.90 Å². The molecule has 0 radical (unpaired) electrons. The molecule has 0 aliphatic heterocycles. The SMILES string of the molecule is C#CC(Cc1ccc(F)cc1F)N(C)C(=O)C#CC. The Balaban J connectivity index is 2.90. The van der Waals surface area contributed by atoms with Crippen molar-refractivity contribution in [1.29, 1.82) is 0 Å². The van der Waals surface area contributed by atoms with Crippen LogP contribution in [0.5, 0.6) is 0 Å². The van der Waals surface area contributed by atoms with Crippen molar-refractivity contribution >= 4 is 5.91 Å². The first-order valence-electron chi connectivity index (χ1n) is 5.59. The Morgan fingerprint density at radius 2 is 2.16 bits per heavy atom. The molecule has 1 aromatic carbocycles. The fourth-order valence-electron chi connectivity index (χ4n) is 1.54. The second kappa shape index (κ2) is 6.56. The molecule has 0 aliphatic carbocycles. The molecule has 1 unspecified atom stereocenters. The third kappa shape index (κ3) is 3.82. The third-order valence-corrected chi connectivity index (χ3v) is 2.64. The number of terminal acetylenes is 1. The molecule has 0 heterocycles. The van der Waals surface area contributed by atoms with Gasteiger partial charge in [-0.3, -0.25) is 4.79 Å². The molecule has 0 saturated carbocycles. The molecule has 0 saturated heterocycles. The largest absolute Gasteiger partial charge is 0.321 e. The molecule has 1 amide bonds. The van der Waals surface area contributed by atoms with Crippen molar-refractivity contribution in [3.05, 3.63) is 35.4 Å². The third-order valence-electron chi connectivity index (χ3n) is 2.64. The minimum absolute atomic E-state index is 0.107. The van der Waals surface area contributed by atoms with E-state index in [2.05, 4.69) is 17.8 Å². The van der Waals surface area contributed by atoms with Crippen LogP contribution in [-0.2, 0) is 11.2 Å². The second-order valence-corrected chi connectivity index (χ2v) is 3.91. The summed E-state index contributed by atoms with van der Waals surface area (Å²) in [5.74, 6) is 5.47. The van der Waals surface area contributed by atoms with Gasteiger partial charge in [-0.15, -0.1) is 6.42 Å². The van der Waals surface area contributed by atoms with Crippen LogP contribution in [0.2, 0.25) is 0 Å². The molecule has 0 fully saturated rings. The fraction of sp³-hybridized carbons (Fsp3) is 0.267. The summed E-state index contributed by atoms with van der Waals surface area (Å²) in [4.78, 5) is 12.8. The van der Waals surface area contributed by atoms with Gasteiger partial charge in [-0.25, -0.2) is 8.78 Å². The van der Waals surface area contributed by atoms with E-state index in [1.54, 1.807) is 0 Å².